The van der Waals surface area contributed by atoms with Crippen LogP contribution in [0.4, 0.5) is 4.39 Å². The number of carbonyl (C=O) groups is 1. The number of carboxylic acid groups (broad SMARTS) is 1. The smallest absolute Gasteiger partial charge is 0.305 e. The molecule has 1 aliphatic rings. The molecule has 2 aromatic carbocycles. The number of aliphatic hydroxyl groups is 2. The van der Waals surface area contributed by atoms with E-state index in [9.17, 15) is 19.4 Å². The Morgan fingerprint density at radius 1 is 1.12 bits per heavy atom. The molecule has 0 saturated heterocycles. The Balaban J connectivity index is 0.00000289. The fraction of sp³-hybridized carbons (Fsp3) is 0.280. The topological polar surface area (TPSA) is 90.7 Å². The van der Waals surface area contributed by atoms with Gasteiger partial charge < -0.3 is 15.3 Å². The molecule has 1 aliphatic carbocycles. The van der Waals surface area contributed by atoms with E-state index in [2.05, 4.69) is 0 Å². The van der Waals surface area contributed by atoms with Gasteiger partial charge in [-0.1, -0.05) is 42.5 Å². The number of aromatic nitrogens is 1. The molecule has 1 aromatic heterocycles. The Morgan fingerprint density at radius 2 is 1.81 bits per heavy atom. The second-order valence-electron chi connectivity index (χ2n) is 8.00. The van der Waals surface area contributed by atoms with E-state index in [1.165, 1.54) is 12.1 Å². The minimum atomic E-state index is -1.13. The molecular formula is C25H24CaFNO4. The van der Waals surface area contributed by atoms with Crippen molar-refractivity contribution in [3.63, 3.8) is 0 Å². The number of carboxylic acids is 1. The maximum atomic E-state index is 13.6. The van der Waals surface area contributed by atoms with Crippen molar-refractivity contribution in [2.24, 2.45) is 0 Å². The first-order valence-electron chi connectivity index (χ1n) is 10.4. The molecule has 1 heterocycles. The van der Waals surface area contributed by atoms with E-state index in [0.29, 0.717) is 5.92 Å². The number of benzene rings is 2. The van der Waals surface area contributed by atoms with Crippen LogP contribution in [0.1, 0.15) is 42.9 Å². The monoisotopic (exact) mass is 461 g/mol. The molecule has 1 saturated carbocycles. The van der Waals surface area contributed by atoms with E-state index in [0.717, 1.165) is 46.1 Å². The van der Waals surface area contributed by atoms with Crippen molar-refractivity contribution in [3.05, 3.63) is 71.7 Å². The molecule has 2 atom stereocenters. The van der Waals surface area contributed by atoms with Crippen LogP contribution in [-0.2, 0) is 4.79 Å². The van der Waals surface area contributed by atoms with Crippen LogP contribution in [0.15, 0.2) is 54.6 Å². The van der Waals surface area contributed by atoms with Crippen molar-refractivity contribution in [1.29, 1.82) is 0 Å². The van der Waals surface area contributed by atoms with Crippen molar-refractivity contribution in [2.45, 2.75) is 43.8 Å². The number of hydrogen-bond donors (Lipinski definition) is 3. The van der Waals surface area contributed by atoms with Gasteiger partial charge in [-0.05, 0) is 36.6 Å². The molecule has 32 heavy (non-hydrogen) atoms. The van der Waals surface area contributed by atoms with E-state index in [4.69, 9.17) is 10.1 Å². The van der Waals surface area contributed by atoms with Crippen LogP contribution >= 0.6 is 0 Å². The van der Waals surface area contributed by atoms with Crippen molar-refractivity contribution >= 4 is 60.7 Å². The van der Waals surface area contributed by atoms with Crippen molar-refractivity contribution in [2.75, 3.05) is 0 Å². The Hall–Kier alpha value is -1.83. The Labute approximate surface area is 215 Å². The second-order valence-corrected chi connectivity index (χ2v) is 8.00. The van der Waals surface area contributed by atoms with Gasteiger partial charge in [-0.15, -0.1) is 0 Å². The van der Waals surface area contributed by atoms with Crippen molar-refractivity contribution in [1.82, 2.24) is 4.98 Å². The molecule has 0 unspecified atom stereocenters. The van der Waals surface area contributed by atoms with Gasteiger partial charge in [0.2, 0.25) is 0 Å². The minimum Gasteiger partial charge on any atom is -0.481 e. The van der Waals surface area contributed by atoms with Crippen LogP contribution in [0.5, 0.6) is 0 Å². The molecule has 7 heteroatoms. The van der Waals surface area contributed by atoms with Gasteiger partial charge in [0, 0.05) is 66.6 Å². The number of nitrogens with zero attached hydrogens (tertiary/aromatic N) is 1. The SMILES string of the molecule is O=C(O)C[C@H](O)C[C@H](O)/C=C/c1c(C2CC2)nc2ccccc2c1-c1ccc(F)cc1.[Ca]. The molecule has 4 rings (SSSR count). The molecule has 0 aliphatic heterocycles. The molecule has 3 N–H and O–H groups in total. The van der Waals surface area contributed by atoms with Gasteiger partial charge >= 0.3 is 5.97 Å². The van der Waals surface area contributed by atoms with Crippen molar-refractivity contribution < 1.29 is 24.5 Å². The largest absolute Gasteiger partial charge is 0.481 e. The van der Waals surface area contributed by atoms with Gasteiger partial charge in [-0.2, -0.15) is 0 Å². The van der Waals surface area contributed by atoms with E-state index < -0.39 is 24.6 Å². The number of hydrogen-bond acceptors (Lipinski definition) is 4. The first-order chi connectivity index (χ1) is 14.9. The van der Waals surface area contributed by atoms with Crippen LogP contribution in [0.25, 0.3) is 28.1 Å². The first-order valence-corrected chi connectivity index (χ1v) is 10.4. The van der Waals surface area contributed by atoms with E-state index in [-0.39, 0.29) is 50.0 Å². The summed E-state index contributed by atoms with van der Waals surface area (Å²) in [7, 11) is 0. The average molecular weight is 462 g/mol. The van der Waals surface area contributed by atoms with Crippen LogP contribution in [0, 0.1) is 5.82 Å². The third-order valence-electron chi connectivity index (χ3n) is 5.47. The molecule has 0 spiro atoms. The molecule has 0 bridgehead atoms. The van der Waals surface area contributed by atoms with Crippen LogP contribution in [-0.4, -0.2) is 76.2 Å². The summed E-state index contributed by atoms with van der Waals surface area (Å²) in [5.74, 6) is -1.10. The Morgan fingerprint density at radius 3 is 2.47 bits per heavy atom. The molecular weight excluding hydrogens is 437 g/mol. The number of aliphatic hydroxyl groups excluding tert-OH is 2. The predicted octanol–water partition coefficient (Wildman–Crippen LogP) is 4.14. The van der Waals surface area contributed by atoms with Crippen LogP contribution < -0.4 is 0 Å². The van der Waals surface area contributed by atoms with Gasteiger partial charge in [-0.25, -0.2) is 4.39 Å². The molecule has 5 nitrogen and oxygen atoms in total. The van der Waals surface area contributed by atoms with Crippen LogP contribution in [0.3, 0.4) is 0 Å². The summed E-state index contributed by atoms with van der Waals surface area (Å²) < 4.78 is 13.6. The minimum absolute atomic E-state index is 0. The van der Waals surface area contributed by atoms with Gasteiger partial charge in [0.15, 0.2) is 0 Å². The van der Waals surface area contributed by atoms with E-state index >= 15 is 0 Å². The number of pyridine rings is 1. The summed E-state index contributed by atoms with van der Waals surface area (Å²) in [6.45, 7) is 0. The number of fused-ring (bicyclic) bond motifs is 1. The van der Waals surface area contributed by atoms with Gasteiger partial charge in [-0.3, -0.25) is 9.78 Å². The summed E-state index contributed by atoms with van der Waals surface area (Å²) in [4.78, 5) is 15.6. The maximum Gasteiger partial charge on any atom is 0.305 e. The molecule has 3 aromatic rings. The van der Waals surface area contributed by atoms with Gasteiger partial charge in [0.1, 0.15) is 5.82 Å². The van der Waals surface area contributed by atoms with Crippen LogP contribution in [0.2, 0.25) is 0 Å². The van der Waals surface area contributed by atoms with E-state index in [1.54, 1.807) is 24.3 Å². The zero-order valence-electron chi connectivity index (χ0n) is 17.6. The fourth-order valence-corrected chi connectivity index (χ4v) is 3.86. The number of halogens is 1. The zero-order valence-corrected chi connectivity index (χ0v) is 19.8. The third-order valence-corrected chi connectivity index (χ3v) is 5.47. The summed E-state index contributed by atoms with van der Waals surface area (Å²) in [5.41, 5.74) is 4.43. The predicted molar refractivity (Wildman–Crippen MR) is 123 cm³/mol. The Kier molecular flexibility index (Phi) is 8.42. The summed E-state index contributed by atoms with van der Waals surface area (Å²) in [6, 6.07) is 14.1. The Bertz CT molecular complexity index is 1130. The summed E-state index contributed by atoms with van der Waals surface area (Å²) in [5, 5.41) is 29.9. The molecule has 2 radical (unpaired) electrons. The first kappa shape index (κ1) is 24.8. The molecule has 162 valence electrons. The maximum absolute atomic E-state index is 13.6. The van der Waals surface area contributed by atoms with E-state index in [1.807, 2.05) is 24.3 Å². The summed E-state index contributed by atoms with van der Waals surface area (Å²) in [6.07, 6.45) is 2.80. The quantitative estimate of drug-likeness (QED) is 0.439. The number of rotatable bonds is 8. The fourth-order valence-electron chi connectivity index (χ4n) is 3.86. The van der Waals surface area contributed by atoms with Gasteiger partial charge in [0.05, 0.1) is 29.8 Å². The van der Waals surface area contributed by atoms with Crippen molar-refractivity contribution in [3.8, 4) is 11.1 Å². The number of para-hydroxylation sites is 1. The molecule has 1 fully saturated rings. The standard InChI is InChI=1S/C25H24FNO4.Ca/c26-17-9-7-15(8-10-17)24-20-3-1-2-4-22(20)27-25(16-5-6-16)21(24)12-11-18(28)13-19(29)14-23(30)31;/h1-4,7-12,16,18-19,28-29H,5-6,13-14H2,(H,30,31);/b12-11+;/t18-,19-;/m1./s1. The third kappa shape index (κ3) is 5.94. The number of aliphatic carboxylic acids is 1. The summed E-state index contributed by atoms with van der Waals surface area (Å²) >= 11 is 0. The second kappa shape index (κ2) is 10.9. The normalized spacial score (nSPS) is 15.5. The molecule has 0 amide bonds. The van der Waals surface area contributed by atoms with Gasteiger partial charge in [0.25, 0.3) is 0 Å². The average Bonchev–Trinajstić information content (AvgIpc) is 3.56. The zero-order chi connectivity index (χ0) is 22.0.